The molecule has 0 spiro atoms. The number of aromatic amines is 1. The molecule has 3 N–H and O–H groups in total. The second-order valence-corrected chi connectivity index (χ2v) is 10.2. The van der Waals surface area contributed by atoms with Gasteiger partial charge in [0, 0.05) is 62.1 Å². The van der Waals surface area contributed by atoms with Crippen molar-refractivity contribution in [3.05, 3.63) is 59.6 Å². The minimum Gasteiger partial charge on any atom is -0.393 e. The highest BCUT2D eigenvalue weighted by Crippen LogP contribution is 2.27. The molecule has 0 bridgehead atoms. The number of aliphatic hydroxyl groups excluding tert-OH is 1. The lowest BCUT2D eigenvalue weighted by molar-refractivity contribution is 0.103. The van der Waals surface area contributed by atoms with E-state index in [2.05, 4.69) is 15.0 Å². The molecule has 1 aliphatic heterocycles. The molecule has 3 heterocycles. The second-order valence-electron chi connectivity index (χ2n) is 8.43. The maximum Gasteiger partial charge on any atom is 0.301 e. The number of carbonyl (C=O) groups excluding carboxylic acids is 1. The lowest BCUT2D eigenvalue weighted by atomic mass is 10.0. The van der Waals surface area contributed by atoms with Crippen molar-refractivity contribution in [2.75, 3.05) is 36.3 Å². The van der Waals surface area contributed by atoms with Crippen molar-refractivity contribution in [2.45, 2.75) is 25.9 Å². The van der Waals surface area contributed by atoms with E-state index in [1.807, 2.05) is 9.62 Å². The molecule has 1 fully saturated rings. The van der Waals surface area contributed by atoms with E-state index in [-0.39, 0.29) is 18.2 Å². The van der Waals surface area contributed by atoms with E-state index < -0.39 is 38.9 Å². The van der Waals surface area contributed by atoms with Crippen LogP contribution >= 0.6 is 0 Å². The molecule has 0 amide bonds. The van der Waals surface area contributed by atoms with E-state index in [0.717, 1.165) is 16.4 Å². The van der Waals surface area contributed by atoms with Crippen LogP contribution in [-0.4, -0.2) is 71.4 Å². The van der Waals surface area contributed by atoms with Gasteiger partial charge in [0.1, 0.15) is 5.82 Å². The van der Waals surface area contributed by atoms with Crippen LogP contribution in [0.1, 0.15) is 35.7 Å². The van der Waals surface area contributed by atoms with Crippen LogP contribution in [0.4, 0.5) is 20.4 Å². The van der Waals surface area contributed by atoms with E-state index >= 15 is 4.39 Å². The first-order valence-corrected chi connectivity index (χ1v) is 12.7. The van der Waals surface area contributed by atoms with Crippen LogP contribution in [0.5, 0.6) is 0 Å². The largest absolute Gasteiger partial charge is 0.393 e. The van der Waals surface area contributed by atoms with Crippen molar-refractivity contribution in [3.63, 3.8) is 0 Å². The summed E-state index contributed by atoms with van der Waals surface area (Å²) in [6, 6.07) is 3.17. The van der Waals surface area contributed by atoms with Crippen molar-refractivity contribution in [1.29, 1.82) is 0 Å². The zero-order chi connectivity index (χ0) is 26.0. The van der Waals surface area contributed by atoms with E-state index in [1.54, 1.807) is 19.3 Å². The molecule has 3 aromatic rings. The van der Waals surface area contributed by atoms with Crippen LogP contribution in [0.25, 0.3) is 11.3 Å². The molecular weight excluding hydrogens is 494 g/mol. The number of benzene rings is 1. The minimum absolute atomic E-state index is 0.0254. The Balaban J connectivity index is 1.56. The first kappa shape index (κ1) is 25.7. The van der Waals surface area contributed by atoms with Gasteiger partial charge in [0.05, 0.1) is 17.4 Å². The van der Waals surface area contributed by atoms with Crippen molar-refractivity contribution in [2.24, 2.45) is 0 Å². The molecule has 0 radical (unpaired) electrons. The quantitative estimate of drug-likeness (QED) is 0.389. The Labute approximate surface area is 207 Å². The summed E-state index contributed by atoms with van der Waals surface area (Å²) in [4.78, 5) is 26.5. The summed E-state index contributed by atoms with van der Waals surface area (Å²) in [5.41, 5.74) is -0.424. The number of aliphatic hydroxyl groups is 1. The zero-order valence-electron chi connectivity index (χ0n) is 19.7. The molecule has 13 heteroatoms. The fourth-order valence-corrected chi connectivity index (χ4v) is 4.68. The third-order valence-corrected chi connectivity index (χ3v) is 7.61. The summed E-state index contributed by atoms with van der Waals surface area (Å²) < 4.78 is 57.1. The van der Waals surface area contributed by atoms with Gasteiger partial charge >= 0.3 is 10.2 Å². The van der Waals surface area contributed by atoms with Gasteiger partial charge in [-0.2, -0.15) is 12.7 Å². The van der Waals surface area contributed by atoms with Gasteiger partial charge in [-0.05, 0) is 31.0 Å². The molecule has 1 saturated heterocycles. The number of hydrogen-bond acceptors (Lipinski definition) is 7. The maximum absolute atomic E-state index is 15.1. The van der Waals surface area contributed by atoms with Crippen LogP contribution in [-0.2, 0) is 10.2 Å². The standard InChI is InChI=1S/C23H26F2N6O4S/c1-3-30(2)36(34,35)29-18-5-4-17(24)20(21(18)25)22(33)14-10-19(26-11-14)15-12-27-23(28-13-15)31-8-6-16(32)7-9-31/h4-5,10-13,16,26,29,32H,3,6-9H2,1-2H3. The topological polar surface area (TPSA) is 132 Å². The zero-order valence-corrected chi connectivity index (χ0v) is 20.5. The molecule has 1 aromatic carbocycles. The average Bonchev–Trinajstić information content (AvgIpc) is 3.36. The summed E-state index contributed by atoms with van der Waals surface area (Å²) in [6.07, 6.45) is 5.39. The van der Waals surface area contributed by atoms with Gasteiger partial charge in [0.2, 0.25) is 11.7 Å². The fourth-order valence-electron chi connectivity index (χ4n) is 3.75. The van der Waals surface area contributed by atoms with Gasteiger partial charge in [-0.3, -0.25) is 9.52 Å². The van der Waals surface area contributed by atoms with Gasteiger partial charge in [-0.1, -0.05) is 6.92 Å². The predicted octanol–water partition coefficient (Wildman–Crippen LogP) is 2.55. The normalized spacial score (nSPS) is 14.9. The van der Waals surface area contributed by atoms with Crippen molar-refractivity contribution >= 4 is 27.6 Å². The van der Waals surface area contributed by atoms with Crippen LogP contribution in [0, 0.1) is 11.6 Å². The van der Waals surface area contributed by atoms with Gasteiger partial charge in [0.15, 0.2) is 5.82 Å². The minimum atomic E-state index is -4.08. The molecule has 2 aromatic heterocycles. The molecule has 0 aliphatic carbocycles. The Bertz CT molecular complexity index is 1360. The molecule has 0 saturated carbocycles. The molecular formula is C23H26F2N6O4S. The summed E-state index contributed by atoms with van der Waals surface area (Å²) in [7, 11) is -2.78. The van der Waals surface area contributed by atoms with E-state index in [0.29, 0.717) is 43.1 Å². The number of carbonyl (C=O) groups is 1. The van der Waals surface area contributed by atoms with Gasteiger partial charge in [-0.15, -0.1) is 0 Å². The number of aromatic nitrogens is 3. The van der Waals surface area contributed by atoms with E-state index in [4.69, 9.17) is 0 Å². The highest BCUT2D eigenvalue weighted by molar-refractivity contribution is 7.90. The Morgan fingerprint density at radius 2 is 1.92 bits per heavy atom. The molecule has 36 heavy (non-hydrogen) atoms. The number of ketones is 1. The van der Waals surface area contributed by atoms with Crippen LogP contribution in [0.2, 0.25) is 0 Å². The Morgan fingerprint density at radius 1 is 1.25 bits per heavy atom. The third kappa shape index (κ3) is 5.22. The number of nitrogens with zero attached hydrogens (tertiary/aromatic N) is 4. The second kappa shape index (κ2) is 10.3. The molecule has 0 atom stereocenters. The smallest absolute Gasteiger partial charge is 0.301 e. The number of halogens is 2. The van der Waals surface area contributed by atoms with Crippen molar-refractivity contribution in [3.8, 4) is 11.3 Å². The van der Waals surface area contributed by atoms with Gasteiger partial charge in [-0.25, -0.2) is 18.7 Å². The Hall–Kier alpha value is -3.42. The molecule has 4 rings (SSSR count). The average molecular weight is 521 g/mol. The molecule has 192 valence electrons. The predicted molar refractivity (Wildman–Crippen MR) is 130 cm³/mol. The van der Waals surface area contributed by atoms with E-state index in [1.165, 1.54) is 19.3 Å². The summed E-state index contributed by atoms with van der Waals surface area (Å²) in [6.45, 7) is 3.00. The van der Waals surface area contributed by atoms with Crippen LogP contribution in [0.3, 0.4) is 0 Å². The number of nitrogens with one attached hydrogen (secondary N) is 2. The SMILES string of the molecule is CCN(C)S(=O)(=O)Nc1ccc(F)c(C(=O)c2c[nH]c(-c3cnc(N4CCC(O)CC4)nc3)c2)c1F. The first-order valence-electron chi connectivity index (χ1n) is 11.3. The third-order valence-electron chi connectivity index (χ3n) is 6.05. The van der Waals surface area contributed by atoms with Crippen molar-refractivity contribution < 1.29 is 27.1 Å². The lowest BCUT2D eigenvalue weighted by Crippen LogP contribution is -2.36. The van der Waals surface area contributed by atoms with Crippen molar-refractivity contribution in [1.82, 2.24) is 19.3 Å². The number of H-pyrrole nitrogens is 1. The van der Waals surface area contributed by atoms with Crippen LogP contribution < -0.4 is 9.62 Å². The molecule has 10 nitrogen and oxygen atoms in total. The molecule has 1 aliphatic rings. The van der Waals surface area contributed by atoms with Crippen LogP contribution in [0.15, 0.2) is 36.8 Å². The number of piperidine rings is 1. The molecule has 0 unspecified atom stereocenters. The first-order chi connectivity index (χ1) is 17.1. The van der Waals surface area contributed by atoms with Gasteiger partial charge < -0.3 is 15.0 Å². The van der Waals surface area contributed by atoms with Gasteiger partial charge in [0.25, 0.3) is 0 Å². The summed E-state index contributed by atoms with van der Waals surface area (Å²) in [5, 5.41) is 9.65. The highest BCUT2D eigenvalue weighted by atomic mass is 32.2. The number of hydrogen-bond donors (Lipinski definition) is 3. The summed E-state index contributed by atoms with van der Waals surface area (Å²) >= 11 is 0. The monoisotopic (exact) mass is 520 g/mol. The maximum atomic E-state index is 15.1. The lowest BCUT2D eigenvalue weighted by Gasteiger charge is -2.29. The fraction of sp³-hybridized carbons (Fsp3) is 0.348. The van der Waals surface area contributed by atoms with E-state index in [9.17, 15) is 22.7 Å². The Kier molecular flexibility index (Phi) is 7.33. The number of rotatable bonds is 8. The summed E-state index contributed by atoms with van der Waals surface area (Å²) in [5.74, 6) is -2.87. The Morgan fingerprint density at radius 3 is 2.56 bits per heavy atom. The number of anilines is 2. The highest BCUT2D eigenvalue weighted by Gasteiger charge is 2.26.